The van der Waals surface area contributed by atoms with Crippen molar-refractivity contribution in [3.8, 4) is 0 Å². The molecule has 1 aliphatic heterocycles. The third kappa shape index (κ3) is 1.72. The Morgan fingerprint density at radius 1 is 1.36 bits per heavy atom. The molecule has 2 rings (SSSR count). The van der Waals surface area contributed by atoms with Gasteiger partial charge in [0.25, 0.3) is 0 Å². The maximum absolute atomic E-state index is 9.45. The molecule has 1 saturated heterocycles. The molecule has 0 aliphatic carbocycles. The van der Waals surface area contributed by atoms with Gasteiger partial charge >= 0.3 is 0 Å². The minimum atomic E-state index is -0.166. The molecular weight excluding hydrogens is 244 g/mol. The van der Waals surface area contributed by atoms with Gasteiger partial charge in [0, 0.05) is 16.5 Å². The highest BCUT2D eigenvalue weighted by atomic mass is 79.9. The fraction of sp³-hybridized carbons (Fsp3) is 0.455. The molecule has 0 bridgehead atoms. The van der Waals surface area contributed by atoms with E-state index >= 15 is 0 Å². The predicted octanol–water partition coefficient (Wildman–Crippen LogP) is 2.10. The highest BCUT2D eigenvalue weighted by Gasteiger charge is 2.35. The van der Waals surface area contributed by atoms with Crippen molar-refractivity contribution in [2.45, 2.75) is 11.8 Å². The van der Waals surface area contributed by atoms with Gasteiger partial charge in [-0.1, -0.05) is 28.1 Å². The van der Waals surface area contributed by atoms with E-state index in [9.17, 15) is 5.11 Å². The number of ether oxygens (including phenoxy) is 1. The van der Waals surface area contributed by atoms with Crippen molar-refractivity contribution in [2.24, 2.45) is 0 Å². The summed E-state index contributed by atoms with van der Waals surface area (Å²) in [6.07, 6.45) is 0.908. The molecular formula is C11H13BrO2. The number of aliphatic hydroxyl groups excluding tert-OH is 1. The molecule has 1 aromatic rings. The molecule has 0 spiro atoms. The van der Waals surface area contributed by atoms with Crippen molar-refractivity contribution in [2.75, 3.05) is 19.8 Å². The molecule has 14 heavy (non-hydrogen) atoms. The molecule has 2 nitrogen and oxygen atoms in total. The van der Waals surface area contributed by atoms with Gasteiger partial charge in [0.2, 0.25) is 0 Å². The van der Waals surface area contributed by atoms with Gasteiger partial charge < -0.3 is 9.84 Å². The van der Waals surface area contributed by atoms with Gasteiger partial charge in [-0.2, -0.15) is 0 Å². The van der Waals surface area contributed by atoms with Crippen LogP contribution in [0.5, 0.6) is 0 Å². The van der Waals surface area contributed by atoms with E-state index in [1.807, 2.05) is 12.1 Å². The molecule has 1 heterocycles. The zero-order chi connectivity index (χ0) is 10.0. The summed E-state index contributed by atoms with van der Waals surface area (Å²) >= 11 is 3.40. The number of hydrogen-bond acceptors (Lipinski definition) is 2. The first kappa shape index (κ1) is 10.1. The van der Waals surface area contributed by atoms with Crippen LogP contribution in [0.25, 0.3) is 0 Å². The monoisotopic (exact) mass is 256 g/mol. The fourth-order valence-corrected chi connectivity index (χ4v) is 2.12. The van der Waals surface area contributed by atoms with E-state index in [-0.39, 0.29) is 12.0 Å². The van der Waals surface area contributed by atoms with Gasteiger partial charge in [0.05, 0.1) is 13.2 Å². The minimum Gasteiger partial charge on any atom is -0.395 e. The van der Waals surface area contributed by atoms with Crippen molar-refractivity contribution in [3.63, 3.8) is 0 Å². The lowest BCUT2D eigenvalue weighted by atomic mass is 9.81. The Hall–Kier alpha value is -0.380. The average molecular weight is 257 g/mol. The van der Waals surface area contributed by atoms with Gasteiger partial charge in [-0.25, -0.2) is 0 Å². The summed E-state index contributed by atoms with van der Waals surface area (Å²) in [5, 5.41) is 9.45. The van der Waals surface area contributed by atoms with Gasteiger partial charge in [-0.05, 0) is 24.1 Å². The SMILES string of the molecule is OCC1(c2ccc(Br)cc2)CCOC1. The van der Waals surface area contributed by atoms with Crippen LogP contribution in [0.3, 0.4) is 0 Å². The van der Waals surface area contributed by atoms with Crippen molar-refractivity contribution in [3.05, 3.63) is 34.3 Å². The van der Waals surface area contributed by atoms with Crippen molar-refractivity contribution in [1.29, 1.82) is 0 Å². The molecule has 0 aromatic heterocycles. The average Bonchev–Trinajstić information content (AvgIpc) is 2.68. The summed E-state index contributed by atoms with van der Waals surface area (Å²) in [7, 11) is 0. The number of aliphatic hydroxyl groups is 1. The van der Waals surface area contributed by atoms with E-state index in [4.69, 9.17) is 4.74 Å². The lowest BCUT2D eigenvalue weighted by Crippen LogP contribution is -2.30. The third-order valence-corrected chi connectivity index (χ3v) is 3.39. The second-order valence-electron chi connectivity index (χ2n) is 3.75. The molecule has 0 saturated carbocycles. The third-order valence-electron chi connectivity index (χ3n) is 2.86. The van der Waals surface area contributed by atoms with E-state index in [1.165, 1.54) is 5.56 Å². The maximum Gasteiger partial charge on any atom is 0.0585 e. The summed E-state index contributed by atoms with van der Waals surface area (Å²) in [6.45, 7) is 1.54. The normalized spacial score (nSPS) is 26.7. The highest BCUT2D eigenvalue weighted by molar-refractivity contribution is 9.10. The van der Waals surface area contributed by atoms with Gasteiger partial charge in [0.15, 0.2) is 0 Å². The largest absolute Gasteiger partial charge is 0.395 e. The Morgan fingerprint density at radius 2 is 2.07 bits per heavy atom. The summed E-state index contributed by atoms with van der Waals surface area (Å²) in [6, 6.07) is 8.11. The number of halogens is 1. The summed E-state index contributed by atoms with van der Waals surface area (Å²) in [4.78, 5) is 0. The standard InChI is InChI=1S/C11H13BrO2/c12-10-3-1-9(2-4-10)11(7-13)5-6-14-8-11/h1-4,13H,5-8H2. The Morgan fingerprint density at radius 3 is 2.57 bits per heavy atom. The minimum absolute atomic E-state index is 0.161. The molecule has 1 atom stereocenters. The van der Waals surface area contributed by atoms with E-state index in [0.717, 1.165) is 17.5 Å². The first-order valence-electron chi connectivity index (χ1n) is 4.71. The van der Waals surface area contributed by atoms with Crippen LogP contribution in [0.4, 0.5) is 0 Å². The van der Waals surface area contributed by atoms with Crippen molar-refractivity contribution >= 4 is 15.9 Å². The molecule has 3 heteroatoms. The summed E-state index contributed by atoms with van der Waals surface area (Å²) in [5.41, 5.74) is 1.00. The van der Waals surface area contributed by atoms with Crippen LogP contribution in [-0.2, 0) is 10.2 Å². The number of rotatable bonds is 2. The van der Waals surface area contributed by atoms with Crippen LogP contribution in [0.1, 0.15) is 12.0 Å². The molecule has 1 N–H and O–H groups in total. The van der Waals surface area contributed by atoms with Gasteiger partial charge in [-0.15, -0.1) is 0 Å². The topological polar surface area (TPSA) is 29.5 Å². The van der Waals surface area contributed by atoms with Crippen LogP contribution in [-0.4, -0.2) is 24.9 Å². The van der Waals surface area contributed by atoms with Crippen LogP contribution in [0, 0.1) is 0 Å². The second kappa shape index (κ2) is 4.01. The lowest BCUT2D eigenvalue weighted by Gasteiger charge is -2.25. The van der Waals surface area contributed by atoms with E-state index in [1.54, 1.807) is 0 Å². The quantitative estimate of drug-likeness (QED) is 0.879. The Bertz CT molecular complexity index is 302. The maximum atomic E-state index is 9.45. The van der Waals surface area contributed by atoms with Crippen LogP contribution in [0.15, 0.2) is 28.7 Å². The molecule has 1 aliphatic rings. The van der Waals surface area contributed by atoms with Crippen molar-refractivity contribution in [1.82, 2.24) is 0 Å². The molecule has 1 unspecified atom stereocenters. The first-order valence-corrected chi connectivity index (χ1v) is 5.51. The smallest absolute Gasteiger partial charge is 0.0585 e. The number of hydrogen-bond donors (Lipinski definition) is 1. The number of benzene rings is 1. The molecule has 76 valence electrons. The fourth-order valence-electron chi connectivity index (χ4n) is 1.85. The summed E-state index contributed by atoms with van der Waals surface area (Å²) in [5.74, 6) is 0. The van der Waals surface area contributed by atoms with Crippen LogP contribution >= 0.6 is 15.9 Å². The van der Waals surface area contributed by atoms with Crippen molar-refractivity contribution < 1.29 is 9.84 Å². The molecule has 1 aromatic carbocycles. The zero-order valence-electron chi connectivity index (χ0n) is 7.87. The predicted molar refractivity (Wildman–Crippen MR) is 58.3 cm³/mol. The molecule has 0 radical (unpaired) electrons. The molecule has 0 amide bonds. The van der Waals surface area contributed by atoms with Gasteiger partial charge in [0.1, 0.15) is 0 Å². The second-order valence-corrected chi connectivity index (χ2v) is 4.66. The van der Waals surface area contributed by atoms with E-state index in [2.05, 4.69) is 28.1 Å². The highest BCUT2D eigenvalue weighted by Crippen LogP contribution is 2.33. The first-order chi connectivity index (χ1) is 6.77. The Labute approximate surface area is 92.0 Å². The zero-order valence-corrected chi connectivity index (χ0v) is 9.46. The van der Waals surface area contributed by atoms with Gasteiger partial charge in [-0.3, -0.25) is 0 Å². The Kier molecular flexibility index (Phi) is 2.91. The van der Waals surface area contributed by atoms with E-state index < -0.39 is 0 Å². The van der Waals surface area contributed by atoms with E-state index in [0.29, 0.717) is 6.61 Å². The van der Waals surface area contributed by atoms with Crippen LogP contribution in [0.2, 0.25) is 0 Å². The van der Waals surface area contributed by atoms with Crippen LogP contribution < -0.4 is 0 Å². The lowest BCUT2D eigenvalue weighted by molar-refractivity contribution is 0.140. The molecule has 1 fully saturated rings. The summed E-state index contributed by atoms with van der Waals surface area (Å²) < 4.78 is 6.43. The Balaban J connectivity index is 2.31.